The van der Waals surface area contributed by atoms with E-state index < -0.39 is 11.7 Å². The number of nitrogens with one attached hydrogen (secondary N) is 3. The lowest BCUT2D eigenvalue weighted by molar-refractivity contribution is 0.0932. The Morgan fingerprint density at radius 1 is 1.06 bits per heavy atom. The number of carbonyl (C=O) groups excluding carboxylic acids is 2. The fourth-order valence-electron chi connectivity index (χ4n) is 3.48. The molecular formula is C24H23FN4O2S. The molecule has 2 aromatic carbocycles. The maximum Gasteiger partial charge on any atom is 0.256 e. The van der Waals surface area contributed by atoms with E-state index >= 15 is 0 Å². The molecule has 0 saturated heterocycles. The zero-order chi connectivity index (χ0) is 22.7. The maximum absolute atomic E-state index is 13.1. The summed E-state index contributed by atoms with van der Waals surface area (Å²) in [6.07, 6.45) is 0.833. The highest BCUT2D eigenvalue weighted by Gasteiger charge is 2.19. The van der Waals surface area contributed by atoms with Gasteiger partial charge in [0.05, 0.1) is 11.6 Å². The Bertz CT molecular complexity index is 1230. The number of H-pyrrole nitrogens is 1. The highest BCUT2D eigenvalue weighted by Crippen LogP contribution is 2.27. The number of fused-ring (bicyclic) bond motifs is 1. The van der Waals surface area contributed by atoms with E-state index in [0.29, 0.717) is 33.8 Å². The highest BCUT2D eigenvalue weighted by atomic mass is 32.1. The zero-order valence-electron chi connectivity index (χ0n) is 17.7. The maximum atomic E-state index is 13.1. The molecule has 32 heavy (non-hydrogen) atoms. The number of aromatic amines is 1. The van der Waals surface area contributed by atoms with E-state index in [1.54, 1.807) is 29.5 Å². The van der Waals surface area contributed by atoms with Crippen LogP contribution in [0, 0.1) is 11.7 Å². The van der Waals surface area contributed by atoms with Crippen LogP contribution in [0.5, 0.6) is 0 Å². The molecule has 0 aliphatic heterocycles. The van der Waals surface area contributed by atoms with Gasteiger partial charge in [-0.15, -0.1) is 11.3 Å². The van der Waals surface area contributed by atoms with Gasteiger partial charge in [0.1, 0.15) is 5.82 Å². The smallest absolute Gasteiger partial charge is 0.256 e. The number of amides is 2. The number of hydrogen-bond acceptors (Lipinski definition) is 4. The second-order valence-electron chi connectivity index (χ2n) is 7.96. The van der Waals surface area contributed by atoms with Crippen molar-refractivity contribution in [2.75, 3.05) is 5.32 Å². The molecule has 0 radical (unpaired) electrons. The van der Waals surface area contributed by atoms with E-state index in [1.165, 1.54) is 24.3 Å². The van der Waals surface area contributed by atoms with Crippen LogP contribution in [-0.4, -0.2) is 22.0 Å². The van der Waals surface area contributed by atoms with Gasteiger partial charge >= 0.3 is 0 Å². The van der Waals surface area contributed by atoms with Crippen molar-refractivity contribution in [3.05, 3.63) is 81.8 Å². The van der Waals surface area contributed by atoms with Crippen LogP contribution >= 0.6 is 11.3 Å². The molecular weight excluding hydrogens is 427 g/mol. The molecule has 2 amide bonds. The molecule has 1 unspecified atom stereocenters. The first-order valence-electron chi connectivity index (χ1n) is 10.3. The minimum atomic E-state index is -0.416. The summed E-state index contributed by atoms with van der Waals surface area (Å²) in [5, 5.41) is 15.5. The fraction of sp³-hybridized carbons (Fsp3) is 0.208. The van der Waals surface area contributed by atoms with Crippen molar-refractivity contribution in [1.29, 1.82) is 0 Å². The quantitative estimate of drug-likeness (QED) is 0.346. The summed E-state index contributed by atoms with van der Waals surface area (Å²) < 4.78 is 13.1. The normalized spacial score (nSPS) is 12.1. The van der Waals surface area contributed by atoms with Crippen molar-refractivity contribution in [2.24, 2.45) is 5.92 Å². The van der Waals surface area contributed by atoms with E-state index in [-0.39, 0.29) is 11.9 Å². The molecule has 0 aliphatic rings. The van der Waals surface area contributed by atoms with Crippen LogP contribution in [0.15, 0.2) is 60.0 Å². The van der Waals surface area contributed by atoms with E-state index in [9.17, 15) is 14.0 Å². The summed E-state index contributed by atoms with van der Waals surface area (Å²) >= 11 is 1.62. The topological polar surface area (TPSA) is 86.9 Å². The average molecular weight is 451 g/mol. The molecule has 0 aliphatic carbocycles. The fourth-order valence-corrected chi connectivity index (χ4v) is 4.27. The number of aromatic nitrogens is 2. The molecule has 0 fully saturated rings. The zero-order valence-corrected chi connectivity index (χ0v) is 18.5. The molecule has 1 atom stereocenters. The third-order valence-electron chi connectivity index (χ3n) is 5.06. The van der Waals surface area contributed by atoms with Crippen molar-refractivity contribution < 1.29 is 14.0 Å². The SMILES string of the molecule is CC(C)CC(NC(=O)c1ccc2[nH]nc(NC(=O)c3ccc(F)cc3)c2c1)c1cccs1. The Morgan fingerprint density at radius 3 is 2.50 bits per heavy atom. The molecule has 6 nitrogen and oxygen atoms in total. The van der Waals surface area contributed by atoms with Crippen LogP contribution in [-0.2, 0) is 0 Å². The number of benzene rings is 2. The van der Waals surface area contributed by atoms with Crippen molar-refractivity contribution in [1.82, 2.24) is 15.5 Å². The number of carbonyl (C=O) groups is 2. The number of halogens is 1. The van der Waals surface area contributed by atoms with Crippen molar-refractivity contribution in [3.8, 4) is 0 Å². The predicted octanol–water partition coefficient (Wildman–Crippen LogP) is 5.53. The molecule has 4 aromatic rings. The molecule has 3 N–H and O–H groups in total. The van der Waals surface area contributed by atoms with Gasteiger partial charge in [-0.3, -0.25) is 14.7 Å². The van der Waals surface area contributed by atoms with Crippen molar-refractivity contribution in [3.63, 3.8) is 0 Å². The third-order valence-corrected chi connectivity index (χ3v) is 6.05. The third kappa shape index (κ3) is 4.86. The van der Waals surface area contributed by atoms with Gasteiger partial charge in [-0.25, -0.2) is 4.39 Å². The number of anilines is 1. The monoisotopic (exact) mass is 450 g/mol. The molecule has 8 heteroatoms. The van der Waals surface area contributed by atoms with Gasteiger partial charge in [0, 0.05) is 21.4 Å². The second kappa shape index (κ2) is 9.32. The summed E-state index contributed by atoms with van der Waals surface area (Å²) in [4.78, 5) is 26.6. The number of thiophene rings is 1. The number of rotatable bonds is 7. The van der Waals surface area contributed by atoms with Gasteiger partial charge in [-0.2, -0.15) is 5.10 Å². The minimum Gasteiger partial charge on any atom is -0.344 e. The molecule has 164 valence electrons. The summed E-state index contributed by atoms with van der Waals surface area (Å²) in [6.45, 7) is 4.25. The Hall–Kier alpha value is -3.52. The Labute approximate surface area is 188 Å². The lowest BCUT2D eigenvalue weighted by atomic mass is 10.0. The van der Waals surface area contributed by atoms with Gasteiger partial charge in [0.25, 0.3) is 11.8 Å². The minimum absolute atomic E-state index is 0.0693. The van der Waals surface area contributed by atoms with E-state index in [4.69, 9.17) is 0 Å². The molecule has 2 aromatic heterocycles. The summed E-state index contributed by atoms with van der Waals surface area (Å²) in [7, 11) is 0. The van der Waals surface area contributed by atoms with Gasteiger partial charge in [0.2, 0.25) is 0 Å². The Balaban J connectivity index is 1.55. The van der Waals surface area contributed by atoms with Crippen LogP contribution in [0.4, 0.5) is 10.2 Å². The van der Waals surface area contributed by atoms with Crippen LogP contribution in [0.2, 0.25) is 0 Å². The lowest BCUT2D eigenvalue weighted by Gasteiger charge is -2.19. The second-order valence-corrected chi connectivity index (χ2v) is 8.94. The first-order valence-corrected chi connectivity index (χ1v) is 11.2. The van der Waals surface area contributed by atoms with Crippen LogP contribution in [0.1, 0.15) is 51.9 Å². The van der Waals surface area contributed by atoms with E-state index in [1.807, 2.05) is 17.5 Å². The largest absolute Gasteiger partial charge is 0.344 e. The molecule has 0 bridgehead atoms. The highest BCUT2D eigenvalue weighted by molar-refractivity contribution is 7.10. The van der Waals surface area contributed by atoms with Gasteiger partial charge in [-0.05, 0) is 66.2 Å². The molecule has 0 saturated carbocycles. The summed E-state index contributed by atoms with van der Waals surface area (Å²) in [6, 6.07) is 14.4. The van der Waals surface area contributed by atoms with Crippen LogP contribution in [0.25, 0.3) is 10.9 Å². The molecule has 2 heterocycles. The molecule has 0 spiro atoms. The van der Waals surface area contributed by atoms with Gasteiger partial charge in [0.15, 0.2) is 5.82 Å². The average Bonchev–Trinajstić information content (AvgIpc) is 3.43. The summed E-state index contributed by atoms with van der Waals surface area (Å²) in [5.41, 5.74) is 1.47. The van der Waals surface area contributed by atoms with Crippen molar-refractivity contribution in [2.45, 2.75) is 26.3 Å². The predicted molar refractivity (Wildman–Crippen MR) is 124 cm³/mol. The number of hydrogen-bond donors (Lipinski definition) is 3. The first kappa shape index (κ1) is 21.7. The Kier molecular flexibility index (Phi) is 6.32. The Morgan fingerprint density at radius 2 is 1.81 bits per heavy atom. The van der Waals surface area contributed by atoms with Crippen molar-refractivity contribution >= 4 is 39.9 Å². The standard InChI is InChI=1S/C24H23FN4O2S/c1-14(2)12-20(21-4-3-11-32-21)26-24(31)16-7-10-19-18(13-16)22(29-28-19)27-23(30)15-5-8-17(25)9-6-15/h3-11,13-14,20H,12H2,1-2H3,(H,26,31)(H2,27,28,29,30). The summed E-state index contributed by atoms with van der Waals surface area (Å²) in [5.74, 6) is -0.292. The number of nitrogens with zero attached hydrogens (tertiary/aromatic N) is 1. The van der Waals surface area contributed by atoms with Gasteiger partial charge < -0.3 is 10.6 Å². The molecule has 4 rings (SSSR count). The lowest BCUT2D eigenvalue weighted by Crippen LogP contribution is -2.29. The van der Waals surface area contributed by atoms with E-state index in [2.05, 4.69) is 34.7 Å². The van der Waals surface area contributed by atoms with Crippen LogP contribution < -0.4 is 10.6 Å². The first-order chi connectivity index (χ1) is 15.4. The van der Waals surface area contributed by atoms with Crippen LogP contribution in [0.3, 0.4) is 0 Å². The van der Waals surface area contributed by atoms with E-state index in [0.717, 1.165) is 11.3 Å². The van der Waals surface area contributed by atoms with Gasteiger partial charge in [-0.1, -0.05) is 19.9 Å².